The molecule has 1 rings (SSSR count). The van der Waals surface area contributed by atoms with Gasteiger partial charge in [0.2, 0.25) is 5.91 Å². The van der Waals surface area contributed by atoms with E-state index in [1.54, 1.807) is 0 Å². The van der Waals surface area contributed by atoms with Crippen molar-refractivity contribution in [3.63, 3.8) is 0 Å². The Morgan fingerprint density at radius 1 is 1.59 bits per heavy atom. The molecule has 0 spiro atoms. The number of primary amides is 1. The van der Waals surface area contributed by atoms with Crippen molar-refractivity contribution in [2.45, 2.75) is 0 Å². The molecule has 0 saturated heterocycles. The Bertz CT molecular complexity index is 488. The van der Waals surface area contributed by atoms with Crippen molar-refractivity contribution in [2.75, 3.05) is 11.9 Å². The minimum absolute atomic E-state index is 0.0971. The lowest BCUT2D eigenvalue weighted by Crippen LogP contribution is -2.12. The molecule has 0 radical (unpaired) electrons. The highest BCUT2D eigenvalue weighted by molar-refractivity contribution is 9.11. The van der Waals surface area contributed by atoms with Crippen molar-refractivity contribution < 1.29 is 9.72 Å². The second-order valence-electron chi connectivity index (χ2n) is 3.22. The van der Waals surface area contributed by atoms with Crippen LogP contribution in [-0.2, 0) is 0 Å². The van der Waals surface area contributed by atoms with Gasteiger partial charge in [0.15, 0.2) is 0 Å². The zero-order valence-electron chi connectivity index (χ0n) is 8.77. The van der Waals surface area contributed by atoms with Gasteiger partial charge in [0.1, 0.15) is 5.69 Å². The van der Waals surface area contributed by atoms with Gasteiger partial charge >= 0.3 is 0 Å². The number of nitrogens with one attached hydrogen (secondary N) is 1. The number of anilines is 1. The molecule has 7 heteroatoms. The summed E-state index contributed by atoms with van der Waals surface area (Å²) in [7, 11) is 0. The highest BCUT2D eigenvalue weighted by Gasteiger charge is 2.16. The van der Waals surface area contributed by atoms with Gasteiger partial charge in [-0.3, -0.25) is 14.9 Å². The van der Waals surface area contributed by atoms with Crippen LogP contribution in [-0.4, -0.2) is 17.4 Å². The van der Waals surface area contributed by atoms with Crippen LogP contribution in [0.4, 0.5) is 11.4 Å². The summed E-state index contributed by atoms with van der Waals surface area (Å²) in [4.78, 5) is 21.2. The molecule has 17 heavy (non-hydrogen) atoms. The lowest BCUT2D eigenvalue weighted by Gasteiger charge is -2.06. The van der Waals surface area contributed by atoms with E-state index in [1.807, 2.05) is 0 Å². The number of halogens is 1. The molecule has 1 aromatic rings. The molecule has 0 heterocycles. The van der Waals surface area contributed by atoms with Crippen LogP contribution >= 0.6 is 15.9 Å². The summed E-state index contributed by atoms with van der Waals surface area (Å²) < 4.78 is 0.658. The summed E-state index contributed by atoms with van der Waals surface area (Å²) in [5.74, 6) is -0.704. The number of hydrogen-bond donors (Lipinski definition) is 2. The number of nitro benzene ring substituents is 1. The molecule has 0 atom stereocenters. The lowest BCUT2D eigenvalue weighted by molar-refractivity contribution is -0.384. The maximum Gasteiger partial charge on any atom is 0.293 e. The first kappa shape index (κ1) is 13.2. The van der Waals surface area contributed by atoms with Gasteiger partial charge < -0.3 is 11.1 Å². The molecule has 1 amide bonds. The number of carbonyl (C=O) groups excluding carboxylic acids is 1. The Hall–Kier alpha value is -1.89. The number of nitrogens with two attached hydrogens (primary N) is 1. The fourth-order valence-electron chi connectivity index (χ4n) is 1.18. The van der Waals surface area contributed by atoms with Gasteiger partial charge in [0.25, 0.3) is 5.69 Å². The number of rotatable bonds is 5. The van der Waals surface area contributed by atoms with E-state index in [1.165, 1.54) is 12.1 Å². The number of nitrogens with zero attached hydrogens (tertiary/aromatic N) is 1. The fourth-order valence-corrected chi connectivity index (χ4v) is 1.32. The van der Waals surface area contributed by atoms with E-state index >= 15 is 0 Å². The first-order valence-electron chi connectivity index (χ1n) is 4.57. The average molecular weight is 300 g/mol. The molecule has 0 unspecified atom stereocenters. The summed E-state index contributed by atoms with van der Waals surface area (Å²) in [5, 5.41) is 13.6. The Morgan fingerprint density at radius 3 is 2.71 bits per heavy atom. The van der Waals surface area contributed by atoms with Crippen LogP contribution in [0.25, 0.3) is 0 Å². The summed E-state index contributed by atoms with van der Waals surface area (Å²) in [5.41, 5.74) is 5.26. The quantitative estimate of drug-likeness (QED) is 0.642. The van der Waals surface area contributed by atoms with Crippen LogP contribution in [0.1, 0.15) is 10.4 Å². The van der Waals surface area contributed by atoms with E-state index in [0.717, 1.165) is 6.07 Å². The lowest BCUT2D eigenvalue weighted by atomic mass is 10.1. The van der Waals surface area contributed by atoms with E-state index in [9.17, 15) is 14.9 Å². The van der Waals surface area contributed by atoms with E-state index < -0.39 is 10.8 Å². The van der Waals surface area contributed by atoms with Gasteiger partial charge in [0.05, 0.1) is 4.92 Å². The molecular weight excluding hydrogens is 290 g/mol. The number of nitro groups is 1. The van der Waals surface area contributed by atoms with E-state index in [4.69, 9.17) is 5.73 Å². The molecule has 0 fully saturated rings. The van der Waals surface area contributed by atoms with Gasteiger partial charge in [-0.2, -0.15) is 0 Å². The van der Waals surface area contributed by atoms with E-state index in [2.05, 4.69) is 27.8 Å². The van der Waals surface area contributed by atoms with Crippen molar-refractivity contribution >= 4 is 33.2 Å². The predicted molar refractivity (Wildman–Crippen MR) is 68.2 cm³/mol. The van der Waals surface area contributed by atoms with Crippen molar-refractivity contribution in [1.82, 2.24) is 0 Å². The Labute approximate surface area is 106 Å². The topological polar surface area (TPSA) is 98.3 Å². The molecule has 0 aliphatic carbocycles. The van der Waals surface area contributed by atoms with Crippen molar-refractivity contribution in [1.29, 1.82) is 0 Å². The minimum Gasteiger partial charge on any atom is -0.375 e. The highest BCUT2D eigenvalue weighted by atomic mass is 79.9. The predicted octanol–water partition coefficient (Wildman–Crippen LogP) is 2.01. The third-order valence-corrected chi connectivity index (χ3v) is 2.23. The average Bonchev–Trinajstić information content (AvgIpc) is 2.25. The maximum absolute atomic E-state index is 10.9. The van der Waals surface area contributed by atoms with Crippen molar-refractivity contribution in [3.8, 4) is 0 Å². The van der Waals surface area contributed by atoms with Crippen LogP contribution in [0.5, 0.6) is 0 Å². The number of amides is 1. The molecule has 0 bridgehead atoms. The Kier molecular flexibility index (Phi) is 4.22. The van der Waals surface area contributed by atoms with Gasteiger partial charge in [0, 0.05) is 22.7 Å². The van der Waals surface area contributed by atoms with Crippen LogP contribution < -0.4 is 11.1 Å². The van der Waals surface area contributed by atoms with Crippen molar-refractivity contribution in [2.24, 2.45) is 5.73 Å². The fraction of sp³-hybridized carbons (Fsp3) is 0.100. The van der Waals surface area contributed by atoms with Crippen LogP contribution in [0, 0.1) is 10.1 Å². The van der Waals surface area contributed by atoms with Crippen LogP contribution in [0.2, 0.25) is 0 Å². The molecule has 6 nitrogen and oxygen atoms in total. The van der Waals surface area contributed by atoms with E-state index in [0.29, 0.717) is 16.7 Å². The Morgan fingerprint density at radius 2 is 2.24 bits per heavy atom. The number of benzene rings is 1. The summed E-state index contributed by atoms with van der Waals surface area (Å²) in [6, 6.07) is 4.00. The summed E-state index contributed by atoms with van der Waals surface area (Å²) >= 11 is 3.13. The maximum atomic E-state index is 10.9. The second-order valence-corrected chi connectivity index (χ2v) is 4.35. The molecular formula is C10H10BrN3O3. The SMILES string of the molecule is C=C(Br)CNc1ccc(C(N)=O)cc1[N+](=O)[O-]. The summed E-state index contributed by atoms with van der Waals surface area (Å²) in [6.45, 7) is 3.94. The molecule has 0 aliphatic heterocycles. The summed E-state index contributed by atoms with van der Waals surface area (Å²) in [6.07, 6.45) is 0. The van der Waals surface area contributed by atoms with Crippen LogP contribution in [0.15, 0.2) is 29.3 Å². The molecule has 0 aliphatic rings. The molecule has 90 valence electrons. The highest BCUT2D eigenvalue weighted by Crippen LogP contribution is 2.25. The molecule has 0 saturated carbocycles. The van der Waals surface area contributed by atoms with Gasteiger partial charge in [-0.15, -0.1) is 0 Å². The number of hydrogen-bond acceptors (Lipinski definition) is 4. The minimum atomic E-state index is -0.704. The Balaban J connectivity index is 3.08. The molecule has 1 aromatic carbocycles. The van der Waals surface area contributed by atoms with Gasteiger partial charge in [-0.1, -0.05) is 22.5 Å². The molecule has 0 aromatic heterocycles. The van der Waals surface area contributed by atoms with Crippen molar-refractivity contribution in [3.05, 3.63) is 44.9 Å². The third kappa shape index (κ3) is 3.56. The zero-order valence-corrected chi connectivity index (χ0v) is 10.4. The molecule has 3 N–H and O–H groups in total. The first-order chi connectivity index (χ1) is 7.91. The number of carbonyl (C=O) groups is 1. The largest absolute Gasteiger partial charge is 0.375 e. The zero-order chi connectivity index (χ0) is 13.0. The standard InChI is InChI=1S/C10H10BrN3O3/c1-6(11)5-13-8-3-2-7(10(12)15)4-9(8)14(16)17/h2-4,13H,1,5H2,(H2,12,15). The smallest absolute Gasteiger partial charge is 0.293 e. The second kappa shape index (κ2) is 5.44. The normalized spacial score (nSPS) is 9.71. The first-order valence-corrected chi connectivity index (χ1v) is 5.36. The monoisotopic (exact) mass is 299 g/mol. The van der Waals surface area contributed by atoms with Gasteiger partial charge in [-0.05, 0) is 12.1 Å². The third-order valence-electron chi connectivity index (χ3n) is 1.95. The van der Waals surface area contributed by atoms with Crippen LogP contribution in [0.3, 0.4) is 0 Å². The van der Waals surface area contributed by atoms with E-state index in [-0.39, 0.29) is 11.3 Å². The van der Waals surface area contributed by atoms with Gasteiger partial charge in [-0.25, -0.2) is 0 Å².